The summed E-state index contributed by atoms with van der Waals surface area (Å²) in [5.41, 5.74) is 0.518. The Hall–Kier alpha value is -1.13. The van der Waals surface area contributed by atoms with Gasteiger partial charge in [0.2, 0.25) is 5.91 Å². The Bertz CT molecular complexity index is 487. The minimum absolute atomic E-state index is 0.0216. The topological polar surface area (TPSA) is 32.3 Å². The smallest absolute Gasteiger partial charge is 0.224 e. The normalized spacial score (nSPS) is 19.8. The Balaban J connectivity index is 2.00. The van der Waals surface area contributed by atoms with Crippen LogP contribution in [-0.4, -0.2) is 29.9 Å². The van der Waals surface area contributed by atoms with E-state index in [1.54, 1.807) is 12.1 Å². The van der Waals surface area contributed by atoms with Gasteiger partial charge in [0, 0.05) is 29.7 Å². The number of nitrogens with zero attached hydrogens (tertiary/aromatic N) is 1. The van der Waals surface area contributed by atoms with E-state index in [4.69, 9.17) is 11.6 Å². The van der Waals surface area contributed by atoms with Crippen LogP contribution in [0.5, 0.6) is 0 Å². The molecule has 21 heavy (non-hydrogen) atoms. The summed E-state index contributed by atoms with van der Waals surface area (Å²) in [6.07, 6.45) is 1.84. The maximum absolute atomic E-state index is 13.8. The van der Waals surface area contributed by atoms with Gasteiger partial charge in [-0.15, -0.1) is 0 Å². The van der Waals surface area contributed by atoms with Crippen LogP contribution >= 0.6 is 11.6 Å². The predicted molar refractivity (Wildman–Crippen MR) is 82.7 cm³/mol. The van der Waals surface area contributed by atoms with Crippen LogP contribution in [-0.2, 0) is 11.3 Å². The zero-order chi connectivity index (χ0) is 15.4. The summed E-state index contributed by atoms with van der Waals surface area (Å²) in [5.74, 6) is -0.211. The van der Waals surface area contributed by atoms with Crippen molar-refractivity contribution in [2.75, 3.05) is 13.1 Å². The molecular weight excluding hydrogens is 291 g/mol. The highest BCUT2D eigenvalue weighted by Gasteiger charge is 2.26. The summed E-state index contributed by atoms with van der Waals surface area (Å²) < 4.78 is 13.8. The van der Waals surface area contributed by atoms with Crippen LogP contribution in [0.2, 0.25) is 5.02 Å². The van der Waals surface area contributed by atoms with Gasteiger partial charge in [0.25, 0.3) is 0 Å². The van der Waals surface area contributed by atoms with Gasteiger partial charge in [0.05, 0.1) is 5.92 Å². The first kappa shape index (κ1) is 16.2. The van der Waals surface area contributed by atoms with Crippen molar-refractivity contribution in [3.05, 3.63) is 34.6 Å². The molecule has 5 heteroatoms. The second-order valence-corrected chi connectivity index (χ2v) is 6.34. The van der Waals surface area contributed by atoms with E-state index >= 15 is 0 Å². The number of likely N-dealkylation sites (tertiary alicyclic amines) is 1. The molecule has 0 bridgehead atoms. The highest BCUT2D eigenvalue weighted by molar-refractivity contribution is 6.31. The van der Waals surface area contributed by atoms with Crippen LogP contribution in [0.15, 0.2) is 18.2 Å². The molecule has 0 radical (unpaired) electrons. The summed E-state index contributed by atoms with van der Waals surface area (Å²) in [5, 5.41) is 3.40. The number of hydrogen-bond donors (Lipinski definition) is 1. The van der Waals surface area contributed by atoms with E-state index in [0.29, 0.717) is 23.7 Å². The van der Waals surface area contributed by atoms with Gasteiger partial charge in [0.1, 0.15) is 5.82 Å². The van der Waals surface area contributed by atoms with E-state index in [9.17, 15) is 9.18 Å². The van der Waals surface area contributed by atoms with Crippen LogP contribution in [0, 0.1) is 11.7 Å². The lowest BCUT2D eigenvalue weighted by molar-refractivity contribution is -0.127. The third kappa shape index (κ3) is 4.42. The predicted octanol–water partition coefficient (Wildman–Crippen LogP) is 3.22. The fraction of sp³-hybridized carbons (Fsp3) is 0.562. The molecule has 1 saturated heterocycles. The number of nitrogens with one attached hydrogen (secondary N) is 1. The fourth-order valence-electron chi connectivity index (χ4n) is 2.72. The zero-order valence-electron chi connectivity index (χ0n) is 12.5. The van der Waals surface area contributed by atoms with Crippen molar-refractivity contribution in [1.82, 2.24) is 10.2 Å². The molecule has 3 nitrogen and oxygen atoms in total. The van der Waals surface area contributed by atoms with Crippen molar-refractivity contribution in [2.24, 2.45) is 5.92 Å². The number of benzene rings is 1. The van der Waals surface area contributed by atoms with E-state index in [2.05, 4.69) is 10.2 Å². The number of rotatable bonds is 4. The Morgan fingerprint density at radius 1 is 1.52 bits per heavy atom. The fourth-order valence-corrected chi connectivity index (χ4v) is 2.95. The second-order valence-electron chi connectivity index (χ2n) is 5.94. The molecule has 0 saturated carbocycles. The van der Waals surface area contributed by atoms with E-state index in [-0.39, 0.29) is 23.7 Å². The Labute approximate surface area is 130 Å². The van der Waals surface area contributed by atoms with Crippen molar-refractivity contribution in [3.63, 3.8) is 0 Å². The van der Waals surface area contributed by atoms with Crippen LogP contribution in [0.25, 0.3) is 0 Å². The molecule has 1 amide bonds. The summed E-state index contributed by atoms with van der Waals surface area (Å²) in [7, 11) is 0. The summed E-state index contributed by atoms with van der Waals surface area (Å²) in [6, 6.07) is 4.88. The average molecular weight is 313 g/mol. The molecular formula is C16H22ClFN2O. The van der Waals surface area contributed by atoms with E-state index < -0.39 is 0 Å². The van der Waals surface area contributed by atoms with Gasteiger partial charge in [-0.2, -0.15) is 0 Å². The SMILES string of the molecule is CC(C)NC(=O)C1CCCN(Cc2c(F)cccc2Cl)C1. The molecule has 116 valence electrons. The van der Waals surface area contributed by atoms with Gasteiger partial charge in [-0.1, -0.05) is 17.7 Å². The van der Waals surface area contributed by atoms with Crippen molar-refractivity contribution in [2.45, 2.75) is 39.3 Å². The first-order valence-corrected chi connectivity index (χ1v) is 7.80. The molecule has 1 aromatic rings. The monoisotopic (exact) mass is 312 g/mol. The Morgan fingerprint density at radius 3 is 2.95 bits per heavy atom. The maximum Gasteiger partial charge on any atom is 0.224 e. The molecule has 1 fully saturated rings. The molecule has 0 aliphatic carbocycles. The van der Waals surface area contributed by atoms with E-state index in [0.717, 1.165) is 19.4 Å². The van der Waals surface area contributed by atoms with Gasteiger partial charge >= 0.3 is 0 Å². The number of piperidine rings is 1. The quantitative estimate of drug-likeness (QED) is 0.926. The Kier molecular flexibility index (Phi) is 5.59. The lowest BCUT2D eigenvalue weighted by Crippen LogP contribution is -2.44. The molecule has 0 spiro atoms. The molecule has 1 aromatic carbocycles. The molecule has 0 aromatic heterocycles. The van der Waals surface area contributed by atoms with Crippen LogP contribution in [0.4, 0.5) is 4.39 Å². The lowest BCUT2D eigenvalue weighted by atomic mass is 9.96. The molecule has 1 aliphatic rings. The van der Waals surface area contributed by atoms with Gasteiger partial charge in [-0.3, -0.25) is 9.69 Å². The van der Waals surface area contributed by atoms with Crippen LogP contribution in [0.1, 0.15) is 32.3 Å². The van der Waals surface area contributed by atoms with Gasteiger partial charge in [0.15, 0.2) is 0 Å². The molecule has 1 aliphatic heterocycles. The summed E-state index contributed by atoms with van der Waals surface area (Å²) >= 11 is 6.07. The van der Waals surface area contributed by atoms with Crippen molar-refractivity contribution in [3.8, 4) is 0 Å². The first-order chi connectivity index (χ1) is 9.97. The third-order valence-electron chi connectivity index (χ3n) is 3.75. The number of hydrogen-bond acceptors (Lipinski definition) is 2. The highest BCUT2D eigenvalue weighted by Crippen LogP contribution is 2.24. The molecule has 2 rings (SSSR count). The lowest BCUT2D eigenvalue weighted by Gasteiger charge is -2.32. The average Bonchev–Trinajstić information content (AvgIpc) is 2.43. The second kappa shape index (κ2) is 7.23. The van der Waals surface area contributed by atoms with Gasteiger partial charge in [-0.05, 0) is 45.4 Å². The zero-order valence-corrected chi connectivity index (χ0v) is 13.3. The van der Waals surface area contributed by atoms with Crippen molar-refractivity contribution < 1.29 is 9.18 Å². The van der Waals surface area contributed by atoms with Crippen LogP contribution < -0.4 is 5.32 Å². The van der Waals surface area contributed by atoms with Crippen molar-refractivity contribution >= 4 is 17.5 Å². The largest absolute Gasteiger partial charge is 0.354 e. The van der Waals surface area contributed by atoms with Gasteiger partial charge < -0.3 is 5.32 Å². The maximum atomic E-state index is 13.8. The van der Waals surface area contributed by atoms with Crippen LogP contribution in [0.3, 0.4) is 0 Å². The first-order valence-electron chi connectivity index (χ1n) is 7.43. The minimum Gasteiger partial charge on any atom is -0.354 e. The number of halogens is 2. The molecule has 1 unspecified atom stereocenters. The van der Waals surface area contributed by atoms with Gasteiger partial charge in [-0.25, -0.2) is 4.39 Å². The molecule has 1 atom stereocenters. The molecule has 1 heterocycles. The molecule has 1 N–H and O–H groups in total. The Morgan fingerprint density at radius 2 is 2.29 bits per heavy atom. The third-order valence-corrected chi connectivity index (χ3v) is 4.10. The minimum atomic E-state index is -0.281. The number of carbonyl (C=O) groups excluding carboxylic acids is 1. The number of amides is 1. The highest BCUT2D eigenvalue weighted by atomic mass is 35.5. The summed E-state index contributed by atoms with van der Waals surface area (Å²) in [4.78, 5) is 14.2. The van der Waals surface area contributed by atoms with E-state index in [1.165, 1.54) is 6.07 Å². The van der Waals surface area contributed by atoms with Crippen molar-refractivity contribution in [1.29, 1.82) is 0 Å². The van der Waals surface area contributed by atoms with E-state index in [1.807, 2.05) is 13.8 Å². The number of carbonyl (C=O) groups is 1. The standard InChI is InChI=1S/C16H22ClFN2O/c1-11(2)19-16(21)12-5-4-8-20(9-12)10-13-14(17)6-3-7-15(13)18/h3,6-7,11-12H,4-5,8-10H2,1-2H3,(H,19,21). The summed E-state index contributed by atoms with van der Waals surface area (Å²) in [6.45, 7) is 5.89.